The molecular formula is C30H55NO. The van der Waals surface area contributed by atoms with Crippen LogP contribution in [-0.4, -0.2) is 19.3 Å². The number of hydrogen-bond donors (Lipinski definition) is 1. The van der Waals surface area contributed by atoms with E-state index in [0.29, 0.717) is 23.5 Å². The molecule has 0 aromatic heterocycles. The highest BCUT2D eigenvalue weighted by Gasteiger charge is 2.58. The Morgan fingerprint density at radius 2 is 1.81 bits per heavy atom. The van der Waals surface area contributed by atoms with Gasteiger partial charge in [-0.25, -0.2) is 0 Å². The lowest BCUT2D eigenvalue weighted by Crippen LogP contribution is -2.50. The molecule has 32 heavy (non-hydrogen) atoms. The van der Waals surface area contributed by atoms with Crippen LogP contribution >= 0.6 is 0 Å². The average Bonchev–Trinajstić information content (AvgIpc) is 3.12. The molecule has 2 nitrogen and oxygen atoms in total. The fraction of sp³-hybridized carbons (Fsp3) is 0.933. The fourth-order valence-corrected chi connectivity index (χ4v) is 8.53. The highest BCUT2D eigenvalue weighted by molar-refractivity contribution is 5.25. The van der Waals surface area contributed by atoms with Gasteiger partial charge in [0, 0.05) is 6.54 Å². The van der Waals surface area contributed by atoms with Crippen LogP contribution in [0.5, 0.6) is 0 Å². The summed E-state index contributed by atoms with van der Waals surface area (Å²) >= 11 is 0. The monoisotopic (exact) mass is 445 g/mol. The third kappa shape index (κ3) is 5.17. The summed E-state index contributed by atoms with van der Waals surface area (Å²) in [5, 5.41) is 0. The largest absolute Gasteiger partial charge is 0.377 e. The zero-order valence-electron chi connectivity index (χ0n) is 22.4. The van der Waals surface area contributed by atoms with E-state index in [4.69, 9.17) is 10.5 Å². The summed E-state index contributed by atoms with van der Waals surface area (Å²) in [6.07, 6.45) is 20.0. The first-order valence-electron chi connectivity index (χ1n) is 14.4. The predicted molar refractivity (Wildman–Crippen MR) is 139 cm³/mol. The van der Waals surface area contributed by atoms with E-state index in [0.717, 1.165) is 36.2 Å². The minimum Gasteiger partial charge on any atom is -0.377 e. The summed E-state index contributed by atoms with van der Waals surface area (Å²) in [5.41, 5.74) is 8.49. The van der Waals surface area contributed by atoms with Crippen LogP contribution in [0.1, 0.15) is 119 Å². The molecule has 0 aromatic carbocycles. The van der Waals surface area contributed by atoms with Gasteiger partial charge in [0.1, 0.15) is 0 Å². The van der Waals surface area contributed by atoms with Crippen LogP contribution in [0.4, 0.5) is 0 Å². The van der Waals surface area contributed by atoms with Crippen molar-refractivity contribution in [3.8, 4) is 0 Å². The SMILES string of the molecule is CC.CC(C)CCCCC1CCC2C3CC=C4CC(OCCN)CCC4(C)C3CCC12C. The van der Waals surface area contributed by atoms with Crippen molar-refractivity contribution >= 4 is 0 Å². The summed E-state index contributed by atoms with van der Waals surface area (Å²) in [6.45, 7) is 15.4. The Morgan fingerprint density at radius 3 is 2.53 bits per heavy atom. The molecule has 0 aliphatic heterocycles. The van der Waals surface area contributed by atoms with Gasteiger partial charge in [0.05, 0.1) is 12.7 Å². The van der Waals surface area contributed by atoms with Gasteiger partial charge in [0.15, 0.2) is 0 Å². The van der Waals surface area contributed by atoms with Gasteiger partial charge >= 0.3 is 0 Å². The molecule has 7 unspecified atom stereocenters. The smallest absolute Gasteiger partial charge is 0.0613 e. The molecule has 0 spiro atoms. The minimum absolute atomic E-state index is 0.417. The van der Waals surface area contributed by atoms with Gasteiger partial charge in [-0.15, -0.1) is 0 Å². The average molecular weight is 446 g/mol. The van der Waals surface area contributed by atoms with Crippen LogP contribution < -0.4 is 5.73 Å². The van der Waals surface area contributed by atoms with E-state index in [1.807, 2.05) is 13.8 Å². The summed E-state index contributed by atoms with van der Waals surface area (Å²) in [7, 11) is 0. The van der Waals surface area contributed by atoms with Crippen molar-refractivity contribution in [3.63, 3.8) is 0 Å². The quantitative estimate of drug-likeness (QED) is 0.302. The third-order valence-electron chi connectivity index (χ3n) is 10.3. The zero-order valence-corrected chi connectivity index (χ0v) is 22.4. The highest BCUT2D eigenvalue weighted by atomic mass is 16.5. The van der Waals surface area contributed by atoms with E-state index in [1.54, 1.807) is 5.57 Å². The molecule has 0 amide bonds. The number of allylic oxidation sites excluding steroid dienone is 1. The van der Waals surface area contributed by atoms with E-state index in [9.17, 15) is 0 Å². The summed E-state index contributed by atoms with van der Waals surface area (Å²) < 4.78 is 6.06. The van der Waals surface area contributed by atoms with Crippen molar-refractivity contribution in [2.24, 2.45) is 46.2 Å². The second-order valence-electron chi connectivity index (χ2n) is 12.3. The second-order valence-corrected chi connectivity index (χ2v) is 12.3. The topological polar surface area (TPSA) is 35.2 Å². The maximum atomic E-state index is 6.06. The second kappa shape index (κ2) is 11.4. The summed E-state index contributed by atoms with van der Waals surface area (Å²) in [4.78, 5) is 0. The first kappa shape index (κ1) is 26.3. The Hall–Kier alpha value is -0.340. The Balaban J connectivity index is 0.00000141. The molecule has 4 rings (SSSR count). The molecule has 0 aromatic rings. The molecule has 0 saturated heterocycles. The molecule has 4 aliphatic rings. The molecule has 3 fully saturated rings. The van der Waals surface area contributed by atoms with Gasteiger partial charge in [0.2, 0.25) is 0 Å². The van der Waals surface area contributed by atoms with Crippen LogP contribution in [0, 0.1) is 40.4 Å². The van der Waals surface area contributed by atoms with E-state index in [2.05, 4.69) is 33.8 Å². The molecule has 0 bridgehead atoms. The van der Waals surface area contributed by atoms with Crippen LogP contribution in [0.3, 0.4) is 0 Å². The summed E-state index contributed by atoms with van der Waals surface area (Å²) in [5.74, 6) is 4.71. The first-order valence-corrected chi connectivity index (χ1v) is 14.4. The molecule has 2 N–H and O–H groups in total. The van der Waals surface area contributed by atoms with E-state index in [-0.39, 0.29) is 0 Å². The Morgan fingerprint density at radius 1 is 1.03 bits per heavy atom. The lowest BCUT2D eigenvalue weighted by Gasteiger charge is -2.58. The fourth-order valence-electron chi connectivity index (χ4n) is 8.53. The van der Waals surface area contributed by atoms with Crippen LogP contribution in [0.25, 0.3) is 0 Å². The van der Waals surface area contributed by atoms with Crippen molar-refractivity contribution in [1.82, 2.24) is 0 Å². The highest BCUT2D eigenvalue weighted by Crippen LogP contribution is 2.66. The van der Waals surface area contributed by atoms with Gasteiger partial charge < -0.3 is 10.5 Å². The number of ether oxygens (including phenoxy) is 1. The van der Waals surface area contributed by atoms with E-state index < -0.39 is 0 Å². The van der Waals surface area contributed by atoms with E-state index >= 15 is 0 Å². The Labute approximate surface area is 200 Å². The van der Waals surface area contributed by atoms with Crippen LogP contribution in [-0.2, 0) is 4.74 Å². The van der Waals surface area contributed by atoms with Crippen molar-refractivity contribution in [1.29, 1.82) is 0 Å². The molecule has 0 radical (unpaired) electrons. The molecule has 3 saturated carbocycles. The normalized spacial score (nSPS) is 40.6. The molecule has 0 heterocycles. The van der Waals surface area contributed by atoms with Crippen LogP contribution in [0.15, 0.2) is 11.6 Å². The van der Waals surface area contributed by atoms with Crippen molar-refractivity contribution in [2.45, 2.75) is 125 Å². The minimum atomic E-state index is 0.417. The number of unbranched alkanes of at least 4 members (excludes halogenated alkanes) is 1. The van der Waals surface area contributed by atoms with Gasteiger partial charge in [-0.3, -0.25) is 0 Å². The third-order valence-corrected chi connectivity index (χ3v) is 10.3. The number of nitrogens with two attached hydrogens (primary N) is 1. The molecular weight excluding hydrogens is 390 g/mol. The number of fused-ring (bicyclic) bond motifs is 5. The zero-order chi connectivity index (χ0) is 23.4. The maximum Gasteiger partial charge on any atom is 0.0613 e. The lowest BCUT2D eigenvalue weighted by atomic mass is 9.47. The lowest BCUT2D eigenvalue weighted by molar-refractivity contribution is -0.0581. The van der Waals surface area contributed by atoms with Gasteiger partial charge in [-0.05, 0) is 98.2 Å². The predicted octanol–water partition coefficient (Wildman–Crippen LogP) is 8.15. The van der Waals surface area contributed by atoms with Crippen molar-refractivity contribution in [3.05, 3.63) is 11.6 Å². The standard InChI is InChI=1S/C28H49NO.C2H6/c1-20(2)7-5-6-8-21-10-12-25-24-11-9-22-19-23(30-18-17-29)13-15-28(22,4)26(24)14-16-27(21,25)3;1-2/h9,20-21,23-26H,5-8,10-19,29H2,1-4H3;1-2H3. The molecule has 4 aliphatic carbocycles. The first-order chi connectivity index (χ1) is 15.4. The molecule has 2 heteroatoms. The number of rotatable bonds is 8. The Kier molecular flexibility index (Phi) is 9.35. The van der Waals surface area contributed by atoms with Crippen LogP contribution in [0.2, 0.25) is 0 Å². The maximum absolute atomic E-state index is 6.06. The van der Waals surface area contributed by atoms with Gasteiger partial charge in [-0.2, -0.15) is 0 Å². The summed E-state index contributed by atoms with van der Waals surface area (Å²) in [6, 6.07) is 0. The molecule has 186 valence electrons. The Bertz CT molecular complexity index is 612. The van der Waals surface area contributed by atoms with E-state index in [1.165, 1.54) is 77.0 Å². The van der Waals surface area contributed by atoms with Gasteiger partial charge in [-0.1, -0.05) is 72.5 Å². The van der Waals surface area contributed by atoms with Crippen molar-refractivity contribution < 1.29 is 4.74 Å². The number of hydrogen-bond acceptors (Lipinski definition) is 2. The van der Waals surface area contributed by atoms with Gasteiger partial charge in [0.25, 0.3) is 0 Å². The molecule has 7 atom stereocenters. The van der Waals surface area contributed by atoms with Crippen molar-refractivity contribution in [2.75, 3.05) is 13.2 Å².